The minimum atomic E-state index is -0.121. The van der Waals surface area contributed by atoms with Crippen LogP contribution in [-0.2, 0) is 17.1 Å². The van der Waals surface area contributed by atoms with Crippen molar-refractivity contribution in [1.82, 2.24) is 4.98 Å². The largest absolute Gasteiger partial charge is 0.495 e. The first-order chi connectivity index (χ1) is 9.62. The molecule has 4 nitrogen and oxygen atoms in total. The molecule has 0 fully saturated rings. The molecule has 1 heterocycles. The lowest BCUT2D eigenvalue weighted by atomic mass is 10.3. The zero-order chi connectivity index (χ0) is 14.5. The molecule has 1 amide bonds. The second kappa shape index (κ2) is 7.06. The van der Waals surface area contributed by atoms with Gasteiger partial charge in [-0.05, 0) is 28.1 Å². The van der Waals surface area contributed by atoms with E-state index in [0.717, 1.165) is 15.2 Å². The summed E-state index contributed by atoms with van der Waals surface area (Å²) in [7, 11) is 1.58. The highest BCUT2D eigenvalue weighted by Gasteiger charge is 2.09. The van der Waals surface area contributed by atoms with Crippen LogP contribution in [0, 0.1) is 0 Å². The van der Waals surface area contributed by atoms with Crippen LogP contribution in [0.3, 0.4) is 0 Å². The molecule has 2 rings (SSSR count). The van der Waals surface area contributed by atoms with E-state index in [4.69, 9.17) is 16.3 Å². The molecule has 0 atom stereocenters. The van der Waals surface area contributed by atoms with Crippen LogP contribution in [0.15, 0.2) is 28.1 Å². The van der Waals surface area contributed by atoms with Crippen molar-refractivity contribution < 1.29 is 9.53 Å². The van der Waals surface area contributed by atoms with Crippen LogP contribution in [0.2, 0.25) is 0 Å². The molecule has 7 heteroatoms. The van der Waals surface area contributed by atoms with Crippen LogP contribution < -0.4 is 10.1 Å². The lowest BCUT2D eigenvalue weighted by molar-refractivity contribution is -0.115. The highest BCUT2D eigenvalue weighted by atomic mass is 79.9. The van der Waals surface area contributed by atoms with Gasteiger partial charge >= 0.3 is 0 Å². The fraction of sp³-hybridized carbons (Fsp3) is 0.231. The molecule has 2 aromatic rings. The molecule has 106 valence electrons. The number of nitrogens with one attached hydrogen (secondary N) is 1. The molecule has 0 saturated carbocycles. The molecule has 0 bridgehead atoms. The minimum absolute atomic E-state index is 0.121. The number of methoxy groups -OCH3 is 1. The molecule has 1 N–H and O–H groups in total. The SMILES string of the molecule is COc1cc(NC(=O)Cc2nc(CCl)cs2)ccc1Br. The average Bonchev–Trinajstić information content (AvgIpc) is 2.88. The molecule has 0 aliphatic carbocycles. The van der Waals surface area contributed by atoms with E-state index < -0.39 is 0 Å². The van der Waals surface area contributed by atoms with Crippen molar-refractivity contribution in [3.8, 4) is 5.75 Å². The average molecular weight is 376 g/mol. The molecule has 0 spiro atoms. The van der Waals surface area contributed by atoms with E-state index in [1.165, 1.54) is 11.3 Å². The van der Waals surface area contributed by atoms with Gasteiger partial charge in [-0.3, -0.25) is 4.79 Å². The zero-order valence-corrected chi connectivity index (χ0v) is 13.8. The number of ether oxygens (including phenoxy) is 1. The second-order valence-electron chi connectivity index (χ2n) is 3.94. The smallest absolute Gasteiger partial charge is 0.231 e. The molecule has 1 aromatic carbocycles. The highest BCUT2D eigenvalue weighted by molar-refractivity contribution is 9.10. The van der Waals surface area contributed by atoms with Gasteiger partial charge in [0.25, 0.3) is 0 Å². The summed E-state index contributed by atoms with van der Waals surface area (Å²) in [6.45, 7) is 0. The summed E-state index contributed by atoms with van der Waals surface area (Å²) in [5, 5.41) is 5.42. The standard InChI is InChI=1S/C13H12BrClN2O2S/c1-19-11-4-8(2-3-10(11)14)16-12(18)5-13-17-9(6-15)7-20-13/h2-4,7H,5-6H2,1H3,(H,16,18). The Hall–Kier alpha value is -1.11. The number of amides is 1. The summed E-state index contributed by atoms with van der Waals surface area (Å²) < 4.78 is 6.02. The Labute approximate surface area is 134 Å². The predicted octanol–water partition coefficient (Wildman–Crippen LogP) is 3.83. The molecule has 0 aliphatic heterocycles. The number of hydrogen-bond donors (Lipinski definition) is 1. The van der Waals surface area contributed by atoms with Crippen LogP contribution in [0.5, 0.6) is 5.75 Å². The Bertz CT molecular complexity index is 618. The maximum absolute atomic E-state index is 11.9. The summed E-state index contributed by atoms with van der Waals surface area (Å²) in [5.74, 6) is 0.911. The maximum Gasteiger partial charge on any atom is 0.231 e. The van der Waals surface area contributed by atoms with Crippen LogP contribution >= 0.6 is 38.9 Å². The lowest BCUT2D eigenvalue weighted by Gasteiger charge is -2.07. The van der Waals surface area contributed by atoms with Crippen molar-refractivity contribution in [3.63, 3.8) is 0 Å². The van der Waals surface area contributed by atoms with Crippen molar-refractivity contribution in [2.45, 2.75) is 12.3 Å². The molecule has 0 saturated heterocycles. The third kappa shape index (κ3) is 3.94. The first-order valence-electron chi connectivity index (χ1n) is 5.75. The molecule has 0 unspecified atom stereocenters. The topological polar surface area (TPSA) is 51.2 Å². The first-order valence-corrected chi connectivity index (χ1v) is 7.95. The number of aromatic nitrogens is 1. The number of thiazole rings is 1. The van der Waals surface area contributed by atoms with Gasteiger partial charge in [-0.2, -0.15) is 0 Å². The van der Waals surface area contributed by atoms with Crippen LogP contribution in [0.4, 0.5) is 5.69 Å². The monoisotopic (exact) mass is 374 g/mol. The highest BCUT2D eigenvalue weighted by Crippen LogP contribution is 2.27. The van der Waals surface area contributed by atoms with Gasteiger partial charge in [0.2, 0.25) is 5.91 Å². The molecule has 1 aromatic heterocycles. The maximum atomic E-state index is 11.9. The van der Waals surface area contributed by atoms with Gasteiger partial charge in [-0.25, -0.2) is 4.98 Å². The second-order valence-corrected chi connectivity index (χ2v) is 6.00. The summed E-state index contributed by atoms with van der Waals surface area (Å²) in [6, 6.07) is 5.38. The van der Waals surface area contributed by atoms with Crippen molar-refractivity contribution >= 4 is 50.5 Å². The number of hydrogen-bond acceptors (Lipinski definition) is 4. The number of benzene rings is 1. The molecule has 0 aliphatic rings. The fourth-order valence-electron chi connectivity index (χ4n) is 1.57. The number of carbonyl (C=O) groups excluding carboxylic acids is 1. The Morgan fingerprint density at radius 1 is 1.55 bits per heavy atom. The Kier molecular flexibility index (Phi) is 5.39. The Morgan fingerprint density at radius 2 is 2.35 bits per heavy atom. The zero-order valence-electron chi connectivity index (χ0n) is 10.7. The summed E-state index contributed by atoms with van der Waals surface area (Å²) in [6.07, 6.45) is 0.236. The number of nitrogens with zero attached hydrogens (tertiary/aromatic N) is 1. The predicted molar refractivity (Wildman–Crippen MR) is 84.7 cm³/mol. The summed E-state index contributed by atoms with van der Waals surface area (Å²) in [5.41, 5.74) is 1.48. The number of halogens is 2. The number of alkyl halides is 1. The van der Waals surface area contributed by atoms with Crippen LogP contribution in [0.25, 0.3) is 0 Å². The van der Waals surface area contributed by atoms with Gasteiger partial charge in [0.15, 0.2) is 0 Å². The molecular formula is C13H12BrClN2O2S. The van der Waals surface area contributed by atoms with E-state index in [9.17, 15) is 4.79 Å². The summed E-state index contributed by atoms with van der Waals surface area (Å²) >= 11 is 10.5. The first kappa shape index (κ1) is 15.3. The molecular weight excluding hydrogens is 364 g/mol. The number of carbonyl (C=O) groups is 1. The van der Waals surface area contributed by atoms with Gasteiger partial charge in [0.05, 0.1) is 29.6 Å². The van der Waals surface area contributed by atoms with Gasteiger partial charge in [-0.15, -0.1) is 22.9 Å². The van der Waals surface area contributed by atoms with Crippen LogP contribution in [0.1, 0.15) is 10.7 Å². The van der Waals surface area contributed by atoms with Gasteiger partial charge in [0, 0.05) is 17.1 Å². The molecule has 20 heavy (non-hydrogen) atoms. The third-order valence-electron chi connectivity index (χ3n) is 2.48. The quantitative estimate of drug-likeness (QED) is 0.808. The van der Waals surface area contributed by atoms with E-state index in [2.05, 4.69) is 26.2 Å². The van der Waals surface area contributed by atoms with E-state index in [0.29, 0.717) is 17.3 Å². The van der Waals surface area contributed by atoms with Crippen LogP contribution in [-0.4, -0.2) is 18.0 Å². The van der Waals surface area contributed by atoms with E-state index >= 15 is 0 Å². The van der Waals surface area contributed by atoms with Crippen molar-refractivity contribution in [1.29, 1.82) is 0 Å². The van der Waals surface area contributed by atoms with Crippen molar-refractivity contribution in [2.75, 3.05) is 12.4 Å². The van der Waals surface area contributed by atoms with Crippen molar-refractivity contribution in [2.24, 2.45) is 0 Å². The number of rotatable bonds is 5. The van der Waals surface area contributed by atoms with E-state index in [1.54, 1.807) is 19.2 Å². The van der Waals surface area contributed by atoms with Gasteiger partial charge in [0.1, 0.15) is 10.8 Å². The normalized spacial score (nSPS) is 10.3. The molecule has 0 radical (unpaired) electrons. The number of anilines is 1. The van der Waals surface area contributed by atoms with Gasteiger partial charge in [-0.1, -0.05) is 0 Å². The van der Waals surface area contributed by atoms with Crippen molar-refractivity contribution in [3.05, 3.63) is 38.8 Å². The van der Waals surface area contributed by atoms with Gasteiger partial charge < -0.3 is 10.1 Å². The Morgan fingerprint density at radius 3 is 3.00 bits per heavy atom. The fourth-order valence-corrected chi connectivity index (χ4v) is 3.00. The lowest BCUT2D eigenvalue weighted by Crippen LogP contribution is -2.14. The third-order valence-corrected chi connectivity index (χ3v) is 4.31. The van der Waals surface area contributed by atoms with E-state index in [1.807, 2.05) is 11.4 Å². The van der Waals surface area contributed by atoms with E-state index in [-0.39, 0.29) is 12.3 Å². The minimum Gasteiger partial charge on any atom is -0.495 e. The Balaban J connectivity index is 2.00. The summed E-state index contributed by atoms with van der Waals surface area (Å²) in [4.78, 5) is 16.2.